The molecule has 4 aliphatic heterocycles. The third-order valence-electron chi connectivity index (χ3n) is 11.3. The van der Waals surface area contributed by atoms with E-state index in [9.17, 15) is 13.2 Å². The van der Waals surface area contributed by atoms with Crippen molar-refractivity contribution in [2.45, 2.75) is 63.7 Å². The Bertz CT molecular complexity index is 2840. The van der Waals surface area contributed by atoms with E-state index in [-0.39, 0.29) is 37.9 Å². The Morgan fingerprint density at radius 1 is 0.672 bits per heavy atom. The lowest BCUT2D eigenvalue weighted by atomic mass is 10.1. The van der Waals surface area contributed by atoms with Gasteiger partial charge >= 0.3 is 0 Å². The van der Waals surface area contributed by atoms with E-state index in [1.54, 1.807) is 12.5 Å². The molecule has 3 aromatic heterocycles. The maximum atomic E-state index is 11.7. The zero-order chi connectivity index (χ0) is 46.7. The molecule has 7 aromatic rings. The van der Waals surface area contributed by atoms with Gasteiger partial charge in [0.25, 0.3) is 0 Å². The van der Waals surface area contributed by atoms with Crippen molar-refractivity contribution in [3.8, 4) is 0 Å². The van der Waals surface area contributed by atoms with Gasteiger partial charge in [-0.05, 0) is 127 Å². The number of nitrogen functional groups attached to an aromatic ring is 1. The Morgan fingerprint density at radius 3 is 1.70 bits per heavy atom. The van der Waals surface area contributed by atoms with Crippen LogP contribution in [0.4, 0.5) is 5.69 Å². The number of benzene rings is 4. The number of halogens is 5. The van der Waals surface area contributed by atoms with Gasteiger partial charge in [-0.2, -0.15) is 35.3 Å². The van der Waals surface area contributed by atoms with Gasteiger partial charge in [-0.15, -0.1) is 12.4 Å². The van der Waals surface area contributed by atoms with Crippen molar-refractivity contribution in [3.05, 3.63) is 131 Å². The predicted octanol–water partition coefficient (Wildman–Crippen LogP) is 13.7. The van der Waals surface area contributed by atoms with Gasteiger partial charge in [0.1, 0.15) is 5.78 Å². The van der Waals surface area contributed by atoms with Crippen LogP contribution >= 0.6 is 111 Å². The van der Waals surface area contributed by atoms with E-state index < -0.39 is 9.84 Å². The second-order valence-corrected chi connectivity index (χ2v) is 24.9. The van der Waals surface area contributed by atoms with Crippen molar-refractivity contribution in [3.63, 3.8) is 0 Å². The highest BCUT2D eigenvalue weighted by Gasteiger charge is 2.27. The second kappa shape index (κ2) is 27.6. The molecular weight excluding hydrogens is 1210 g/mol. The highest BCUT2D eigenvalue weighted by Crippen LogP contribution is 2.36. The number of thioether (sulfide) groups is 3. The molecule has 7 heterocycles. The third-order valence-corrected chi connectivity index (χ3v) is 17.8. The van der Waals surface area contributed by atoms with Crippen molar-refractivity contribution in [1.29, 1.82) is 0 Å². The van der Waals surface area contributed by atoms with E-state index in [0.717, 1.165) is 66.9 Å². The third kappa shape index (κ3) is 15.5. The number of nitrogens with two attached hydrogens (primary N) is 1. The number of hydrogen-bond acceptors (Lipinski definition) is 9. The number of carbonyl (C=O) groups is 1. The zero-order valence-corrected chi connectivity index (χ0v) is 47.5. The lowest BCUT2D eigenvalue weighted by molar-refractivity contribution is -0.118. The number of nitrogens with one attached hydrogen (secondary N) is 2. The molecule has 18 heteroatoms. The summed E-state index contributed by atoms with van der Waals surface area (Å²) < 4.78 is 32.3. The largest absolute Gasteiger partial charge is 0.397 e. The topological polar surface area (TPSA) is 135 Å². The molecule has 0 amide bonds. The molecule has 0 aliphatic carbocycles. The van der Waals surface area contributed by atoms with Crippen LogP contribution in [0.3, 0.4) is 0 Å². The molecule has 0 spiro atoms. The number of aryl methyl sites for hydroxylation is 3. The number of nitrogens with zero attached hydrogens (tertiary/aromatic N) is 2. The van der Waals surface area contributed by atoms with Crippen molar-refractivity contribution in [2.24, 2.45) is 19.9 Å². The van der Waals surface area contributed by atoms with Crippen molar-refractivity contribution in [2.75, 3.05) is 40.8 Å². The Hall–Kier alpha value is -1.90. The average Bonchev–Trinajstić information content (AvgIpc) is 3.90. The van der Waals surface area contributed by atoms with E-state index in [4.69, 9.17) is 10.9 Å². The van der Waals surface area contributed by atoms with Gasteiger partial charge in [-0.3, -0.25) is 10.6 Å². The molecule has 5 N–H and O–H groups in total. The number of aliphatic hydroxyl groups excluding tert-OH is 1. The summed E-state index contributed by atoms with van der Waals surface area (Å²) in [4.78, 5) is 14.0. The Kier molecular flexibility index (Phi) is 23.8. The molecule has 1 fully saturated rings. The first-order valence-electron chi connectivity index (χ1n) is 21.3. The lowest BCUT2D eigenvalue weighted by Gasteiger charge is -2.14. The minimum Gasteiger partial charge on any atom is -0.397 e. The summed E-state index contributed by atoms with van der Waals surface area (Å²) in [6.07, 6.45) is 4.64. The van der Waals surface area contributed by atoms with Gasteiger partial charge in [-0.1, -0.05) is 71.1 Å². The number of H-pyrrole nitrogens is 1. The molecule has 67 heavy (non-hydrogen) atoms. The quantitative estimate of drug-likeness (QED) is 0.0936. The van der Waals surface area contributed by atoms with Crippen molar-refractivity contribution >= 4 is 165 Å². The number of sulfone groups is 1. The fraction of sp³-hybridized carbons (Fsp3) is 0.367. The van der Waals surface area contributed by atoms with Gasteiger partial charge in [0.15, 0.2) is 9.84 Å². The van der Waals surface area contributed by atoms with E-state index >= 15 is 0 Å². The highest BCUT2D eigenvalue weighted by molar-refractivity contribution is 9.11. The minimum atomic E-state index is -2.92. The minimum absolute atomic E-state index is 0. The summed E-state index contributed by atoms with van der Waals surface area (Å²) in [5.74, 6) is 13.0. The van der Waals surface area contributed by atoms with Crippen molar-refractivity contribution < 1.29 is 18.3 Å². The van der Waals surface area contributed by atoms with Crippen LogP contribution in [0.5, 0.6) is 0 Å². The van der Waals surface area contributed by atoms with Crippen LogP contribution in [0.2, 0.25) is 0 Å². The zero-order valence-electron chi connectivity index (χ0n) is 37.1. The summed E-state index contributed by atoms with van der Waals surface area (Å²) >= 11 is 19.8. The number of hydrazine groups is 1. The first-order valence-corrected chi connectivity index (χ1v) is 29.8. The fourth-order valence-corrected chi connectivity index (χ4v) is 13.8. The number of ketones is 1. The summed E-state index contributed by atoms with van der Waals surface area (Å²) in [6, 6.07) is 26.7. The fourth-order valence-electron chi connectivity index (χ4n) is 8.09. The lowest BCUT2D eigenvalue weighted by Crippen LogP contribution is -2.19. The number of aromatic nitrogens is 3. The first kappa shape index (κ1) is 57.7. The van der Waals surface area contributed by atoms with Gasteiger partial charge in [0.05, 0.1) is 11.5 Å². The molecule has 4 aliphatic rings. The number of Topliss-reactive ketones (excluding diaryl/α,β-unsaturated/α-hetero) is 1. The van der Waals surface area contributed by atoms with Gasteiger partial charge in [0, 0.05) is 136 Å². The molecule has 364 valence electrons. The number of aromatic amines is 1. The van der Waals surface area contributed by atoms with E-state index in [1.807, 2.05) is 84.8 Å². The van der Waals surface area contributed by atoms with Gasteiger partial charge in [0.2, 0.25) is 0 Å². The number of fused-ring (bicyclic) bond motifs is 9. The first-order chi connectivity index (χ1) is 31.2. The molecule has 0 radical (unpaired) electrons. The SMILES string of the molecule is Brc1ccc2[nH]c3c(c2c1)CSCC3.C.CCO.Cl.Cn1c2c(c3cc(Br)ccc31)CS(=O)(=O)CC2.Cn1c2c(c3cc(Br)ccc31)CSCC2.NNc1ccc(Br)cc1.O=C1CCSCC1. The maximum absolute atomic E-state index is 11.7. The predicted molar refractivity (Wildman–Crippen MR) is 308 cm³/mol. The summed E-state index contributed by atoms with van der Waals surface area (Å²) in [5.41, 5.74) is 15.4. The number of anilines is 1. The number of rotatable bonds is 1. The Balaban J connectivity index is 0.000000184. The highest BCUT2D eigenvalue weighted by atomic mass is 79.9. The maximum Gasteiger partial charge on any atom is 0.154 e. The van der Waals surface area contributed by atoms with Crippen LogP contribution in [0.15, 0.2) is 96.8 Å². The van der Waals surface area contributed by atoms with Crippen LogP contribution in [-0.2, 0) is 65.2 Å². The van der Waals surface area contributed by atoms with E-state index in [1.165, 1.54) is 77.8 Å². The number of carbonyl (C=O) groups excluding carboxylic acids is 1. The standard InChI is InChI=1S/C12H12BrNO2S.C12H12BrNS.C11H10BrNS.C6H7BrN2.C5H8OS.C2H6O.CH4.ClH/c1-14-11-3-2-8(13)6-9(11)10-7-17(15,16)5-4-12(10)14;1-14-11-3-2-8(13)6-9(11)10-7-15-5-4-12(10)14;12-7-1-2-10-8(5-7)9-6-14-4-3-11(9)13-10;7-5-1-3-6(9-8)4-2-5;6-5-1-3-7-4-2-5;1-2-3;;/h2-3,6H,4-5,7H2,1H3;2-3,6H,4-5,7H2,1H3;1-2,5,13H,3-4,6H2;1-4,9H,8H2;1-4H2;3H,2H2,1H3;1H4;1H. The van der Waals surface area contributed by atoms with Crippen LogP contribution in [0.1, 0.15) is 61.0 Å². The molecule has 0 saturated carbocycles. The summed E-state index contributed by atoms with van der Waals surface area (Å²) in [7, 11) is 1.28. The van der Waals surface area contributed by atoms with Crippen LogP contribution in [0, 0.1) is 0 Å². The van der Waals surface area contributed by atoms with Crippen LogP contribution in [-0.4, -0.2) is 68.8 Å². The number of aliphatic hydroxyl groups is 1. The van der Waals surface area contributed by atoms with Gasteiger partial charge in [-0.25, -0.2) is 8.42 Å². The molecule has 0 bridgehead atoms. The summed E-state index contributed by atoms with van der Waals surface area (Å²) in [5, 5.41) is 11.4. The molecule has 0 atom stereocenters. The average molecular weight is 1270 g/mol. The monoisotopic (exact) mass is 1260 g/mol. The van der Waals surface area contributed by atoms with E-state index in [0.29, 0.717) is 12.2 Å². The Morgan fingerprint density at radius 2 is 1.15 bits per heavy atom. The van der Waals surface area contributed by atoms with Crippen molar-refractivity contribution in [1.82, 2.24) is 14.1 Å². The molecular formula is C49H60Br4ClN5O4S4. The second-order valence-electron chi connectivity index (χ2n) is 15.6. The number of hydrogen-bond donors (Lipinski definition) is 4. The molecule has 4 aromatic carbocycles. The smallest absolute Gasteiger partial charge is 0.154 e. The summed E-state index contributed by atoms with van der Waals surface area (Å²) in [6.45, 7) is 1.93. The van der Waals surface area contributed by atoms with Crippen LogP contribution in [0.25, 0.3) is 32.7 Å². The Labute approximate surface area is 448 Å². The molecule has 1 saturated heterocycles. The normalized spacial score (nSPS) is 15.3. The molecule has 0 unspecified atom stereocenters. The molecule has 11 rings (SSSR count). The van der Waals surface area contributed by atoms with E-state index in [2.05, 4.69) is 127 Å². The van der Waals surface area contributed by atoms with Gasteiger partial charge < -0.3 is 24.7 Å². The van der Waals surface area contributed by atoms with Crippen LogP contribution < -0.4 is 11.3 Å². The molecule has 9 nitrogen and oxygen atoms in total.